The summed E-state index contributed by atoms with van der Waals surface area (Å²) in [4.78, 5) is 20.7. The van der Waals surface area contributed by atoms with Crippen LogP contribution in [0.4, 0.5) is 0 Å². The molecule has 0 rings (SSSR count). The first kappa shape index (κ1) is 10.6. The number of carbonyl (C=O) groups is 2. The fourth-order valence-electron chi connectivity index (χ4n) is 0.445. The summed E-state index contributed by atoms with van der Waals surface area (Å²) in [5, 5.41) is 0. The van der Waals surface area contributed by atoms with Crippen LogP contribution in [0.1, 0.15) is 6.92 Å². The molecule has 0 aliphatic heterocycles. The molecule has 1 unspecified atom stereocenters. The molecule has 0 fully saturated rings. The highest BCUT2D eigenvalue weighted by atomic mass is 16.7. The van der Waals surface area contributed by atoms with E-state index in [1.165, 1.54) is 6.92 Å². The zero-order valence-electron chi connectivity index (χ0n) is 6.78. The molecule has 0 saturated heterocycles. The molecular weight excluding hydrogens is 162 g/mol. The molecular formula is C7H11NO4. The molecule has 5 heteroatoms. The average Bonchev–Trinajstić information content (AvgIpc) is 2.00. The number of primary amides is 1. The molecule has 12 heavy (non-hydrogen) atoms. The average molecular weight is 173 g/mol. The van der Waals surface area contributed by atoms with Gasteiger partial charge in [-0.1, -0.05) is 6.58 Å². The molecule has 0 aliphatic rings. The van der Waals surface area contributed by atoms with Crippen LogP contribution in [0.25, 0.3) is 0 Å². The zero-order chi connectivity index (χ0) is 9.56. The molecule has 0 spiro atoms. The molecule has 0 aromatic rings. The summed E-state index contributed by atoms with van der Waals surface area (Å²) >= 11 is 0. The van der Waals surface area contributed by atoms with E-state index in [9.17, 15) is 9.59 Å². The van der Waals surface area contributed by atoms with Crippen LogP contribution in [0.15, 0.2) is 12.7 Å². The normalized spacial score (nSPS) is 11.8. The van der Waals surface area contributed by atoms with Crippen LogP contribution in [-0.4, -0.2) is 24.8 Å². The van der Waals surface area contributed by atoms with Crippen molar-refractivity contribution in [3.63, 3.8) is 0 Å². The van der Waals surface area contributed by atoms with E-state index in [-0.39, 0.29) is 6.61 Å². The van der Waals surface area contributed by atoms with Crippen LogP contribution in [-0.2, 0) is 19.1 Å². The Morgan fingerprint density at radius 2 is 2.25 bits per heavy atom. The molecule has 0 aromatic heterocycles. The van der Waals surface area contributed by atoms with Crippen LogP contribution >= 0.6 is 0 Å². The van der Waals surface area contributed by atoms with Crippen molar-refractivity contribution in [3.8, 4) is 0 Å². The van der Waals surface area contributed by atoms with Gasteiger partial charge < -0.3 is 15.2 Å². The fraction of sp³-hybridized carbons (Fsp3) is 0.429. The molecule has 1 amide bonds. The van der Waals surface area contributed by atoms with Gasteiger partial charge in [0.15, 0.2) is 0 Å². The molecule has 0 heterocycles. The molecule has 0 aliphatic carbocycles. The summed E-state index contributed by atoms with van der Waals surface area (Å²) in [6.45, 7) is 4.39. The first-order valence-corrected chi connectivity index (χ1v) is 3.29. The molecule has 0 aromatic carbocycles. The Bertz CT molecular complexity index is 190. The van der Waals surface area contributed by atoms with Crippen molar-refractivity contribution in [2.45, 2.75) is 13.2 Å². The third-order valence-electron chi connectivity index (χ3n) is 0.909. The lowest BCUT2D eigenvalue weighted by molar-refractivity contribution is -0.171. The van der Waals surface area contributed by atoms with E-state index in [2.05, 4.69) is 11.3 Å². The smallest absolute Gasteiger partial charge is 0.332 e. The third-order valence-corrected chi connectivity index (χ3v) is 0.909. The summed E-state index contributed by atoms with van der Waals surface area (Å²) in [6.07, 6.45) is 0.215. The van der Waals surface area contributed by atoms with E-state index in [1.54, 1.807) is 0 Å². The lowest BCUT2D eigenvalue weighted by atomic mass is 10.6. The topological polar surface area (TPSA) is 78.6 Å². The minimum Gasteiger partial charge on any atom is -0.433 e. The molecule has 68 valence electrons. The van der Waals surface area contributed by atoms with Crippen molar-refractivity contribution in [1.29, 1.82) is 0 Å². The Labute approximate surface area is 70.1 Å². The van der Waals surface area contributed by atoms with Crippen LogP contribution < -0.4 is 5.73 Å². The van der Waals surface area contributed by atoms with Gasteiger partial charge in [-0.2, -0.15) is 0 Å². The Kier molecular flexibility index (Phi) is 4.71. The van der Waals surface area contributed by atoms with Gasteiger partial charge in [-0.05, 0) is 6.92 Å². The van der Waals surface area contributed by atoms with Crippen molar-refractivity contribution < 1.29 is 19.1 Å². The monoisotopic (exact) mass is 173 g/mol. The van der Waals surface area contributed by atoms with Crippen molar-refractivity contribution in [2.24, 2.45) is 5.73 Å². The maximum atomic E-state index is 10.5. The standard InChI is InChI=1S/C7H11NO4/c1-3-7(10)12-5(2)11-4-6(8)9/h3,5H,1,4H2,2H3,(H2,8,9). The van der Waals surface area contributed by atoms with Gasteiger partial charge in [0.1, 0.15) is 6.61 Å². The van der Waals surface area contributed by atoms with Crippen LogP contribution in [0, 0.1) is 0 Å². The summed E-state index contributed by atoms with van der Waals surface area (Å²) in [7, 11) is 0. The SMILES string of the molecule is C=CC(=O)OC(C)OCC(N)=O. The quantitative estimate of drug-likeness (QED) is 0.347. The van der Waals surface area contributed by atoms with Gasteiger partial charge in [-0.15, -0.1) is 0 Å². The molecule has 1 atom stereocenters. The van der Waals surface area contributed by atoms with Crippen molar-refractivity contribution in [2.75, 3.05) is 6.61 Å². The minimum atomic E-state index is -0.789. The Morgan fingerprint density at radius 1 is 1.67 bits per heavy atom. The number of carbonyl (C=O) groups excluding carboxylic acids is 2. The Balaban J connectivity index is 3.59. The van der Waals surface area contributed by atoms with Gasteiger partial charge in [-0.3, -0.25) is 4.79 Å². The maximum Gasteiger partial charge on any atom is 0.332 e. The van der Waals surface area contributed by atoms with E-state index in [0.29, 0.717) is 0 Å². The second kappa shape index (κ2) is 5.31. The summed E-state index contributed by atoms with van der Waals surface area (Å²) < 4.78 is 9.27. The van der Waals surface area contributed by atoms with Gasteiger partial charge in [-0.25, -0.2) is 4.79 Å². The number of ether oxygens (including phenoxy) is 2. The highest BCUT2D eigenvalue weighted by Crippen LogP contribution is 1.93. The maximum absolute atomic E-state index is 10.5. The predicted octanol–water partition coefficient (Wildman–Crippen LogP) is -0.437. The zero-order valence-corrected chi connectivity index (χ0v) is 6.78. The highest BCUT2D eigenvalue weighted by molar-refractivity contribution is 5.81. The molecule has 0 saturated carbocycles. The molecule has 0 radical (unpaired) electrons. The molecule has 5 nitrogen and oxygen atoms in total. The Morgan fingerprint density at radius 3 is 2.67 bits per heavy atom. The van der Waals surface area contributed by atoms with Crippen LogP contribution in [0.3, 0.4) is 0 Å². The van der Waals surface area contributed by atoms with E-state index >= 15 is 0 Å². The summed E-state index contributed by atoms with van der Waals surface area (Å²) in [6, 6.07) is 0. The first-order valence-electron chi connectivity index (χ1n) is 3.29. The fourth-order valence-corrected chi connectivity index (χ4v) is 0.445. The number of hydrogen-bond acceptors (Lipinski definition) is 4. The number of esters is 1. The van der Waals surface area contributed by atoms with Crippen molar-refractivity contribution >= 4 is 11.9 Å². The first-order chi connectivity index (χ1) is 5.56. The summed E-state index contributed by atoms with van der Waals surface area (Å²) in [5.41, 5.74) is 4.78. The number of amides is 1. The number of nitrogens with two attached hydrogens (primary N) is 1. The van der Waals surface area contributed by atoms with E-state index in [1.807, 2.05) is 0 Å². The molecule has 2 N–H and O–H groups in total. The summed E-state index contributed by atoms with van der Waals surface area (Å²) in [5.74, 6) is -1.22. The highest BCUT2D eigenvalue weighted by Gasteiger charge is 2.06. The lowest BCUT2D eigenvalue weighted by Crippen LogP contribution is -2.24. The Hall–Kier alpha value is -1.36. The predicted molar refractivity (Wildman–Crippen MR) is 40.9 cm³/mol. The van der Waals surface area contributed by atoms with E-state index in [0.717, 1.165) is 6.08 Å². The van der Waals surface area contributed by atoms with Gasteiger partial charge in [0.05, 0.1) is 0 Å². The number of hydrogen-bond donors (Lipinski definition) is 1. The van der Waals surface area contributed by atoms with Crippen LogP contribution in [0.2, 0.25) is 0 Å². The van der Waals surface area contributed by atoms with E-state index in [4.69, 9.17) is 10.5 Å². The van der Waals surface area contributed by atoms with Gasteiger partial charge in [0.25, 0.3) is 0 Å². The molecule has 0 bridgehead atoms. The van der Waals surface area contributed by atoms with E-state index < -0.39 is 18.2 Å². The van der Waals surface area contributed by atoms with Crippen LogP contribution in [0.5, 0.6) is 0 Å². The van der Waals surface area contributed by atoms with Gasteiger partial charge >= 0.3 is 5.97 Å². The third kappa shape index (κ3) is 5.43. The van der Waals surface area contributed by atoms with Gasteiger partial charge in [0.2, 0.25) is 12.2 Å². The second-order valence-corrected chi connectivity index (χ2v) is 1.99. The van der Waals surface area contributed by atoms with Crippen molar-refractivity contribution in [3.05, 3.63) is 12.7 Å². The largest absolute Gasteiger partial charge is 0.433 e. The lowest BCUT2D eigenvalue weighted by Gasteiger charge is -2.10. The second-order valence-electron chi connectivity index (χ2n) is 1.99. The minimum absolute atomic E-state index is 0.272. The number of rotatable bonds is 5. The van der Waals surface area contributed by atoms with Crippen molar-refractivity contribution in [1.82, 2.24) is 0 Å². The van der Waals surface area contributed by atoms with Gasteiger partial charge in [0, 0.05) is 6.08 Å².